The van der Waals surface area contributed by atoms with E-state index in [1.165, 1.54) is 25.3 Å². The molecule has 5 N–H and O–H groups in total. The molecule has 3 aliphatic heterocycles. The summed E-state index contributed by atoms with van der Waals surface area (Å²) in [7, 11) is -23.4. The minimum Gasteiger partial charge on any atom is -0.383 e. The summed E-state index contributed by atoms with van der Waals surface area (Å²) in [5.74, 6) is -2.80. The van der Waals surface area contributed by atoms with Gasteiger partial charge in [0.05, 0.1) is 53.8 Å². The summed E-state index contributed by atoms with van der Waals surface area (Å²) < 4.78 is 194. The number of carbonyl (C=O) groups is 3. The third-order valence-corrected chi connectivity index (χ3v) is 17.9. The van der Waals surface area contributed by atoms with Gasteiger partial charge < -0.3 is 23.9 Å². The summed E-state index contributed by atoms with van der Waals surface area (Å²) in [6, 6.07) is 9.23. The number of ether oxygens (including phenoxy) is 3. The van der Waals surface area contributed by atoms with E-state index in [0.29, 0.717) is 51.1 Å². The Morgan fingerprint density at radius 1 is 0.671 bits per heavy atom. The molecule has 1 fully saturated rings. The van der Waals surface area contributed by atoms with Crippen molar-refractivity contribution in [3.8, 4) is 0 Å². The predicted molar refractivity (Wildman–Crippen MR) is 282 cm³/mol. The van der Waals surface area contributed by atoms with Crippen molar-refractivity contribution in [1.29, 1.82) is 0 Å². The van der Waals surface area contributed by atoms with Gasteiger partial charge in [-0.05, 0) is 92.4 Å². The molecule has 4 aromatic carbocycles. The summed E-state index contributed by atoms with van der Waals surface area (Å²) in [5, 5.41) is 0.300. The summed E-state index contributed by atoms with van der Waals surface area (Å²) in [4.78, 5) is 39.1. The minimum absolute atomic E-state index is 0.0101. The van der Waals surface area contributed by atoms with Crippen LogP contribution in [-0.4, -0.2) is 157 Å². The van der Waals surface area contributed by atoms with Crippen LogP contribution in [0.2, 0.25) is 0 Å². The van der Waals surface area contributed by atoms with E-state index >= 15 is 0 Å². The maximum atomic E-state index is 12.7. The van der Waals surface area contributed by atoms with E-state index in [1.54, 1.807) is 62.1 Å². The molecule has 0 spiro atoms. The van der Waals surface area contributed by atoms with Crippen LogP contribution in [0.4, 0.5) is 11.4 Å². The van der Waals surface area contributed by atoms with Crippen molar-refractivity contribution in [2.75, 3.05) is 63.9 Å². The fourth-order valence-electron chi connectivity index (χ4n) is 10.2. The topological polar surface area (TPSA) is 369 Å². The molecule has 3 aliphatic rings. The molecule has 0 aliphatic carbocycles. The second-order valence-electron chi connectivity index (χ2n) is 19.2. The van der Waals surface area contributed by atoms with Gasteiger partial charge in [0.25, 0.3) is 62.4 Å². The lowest BCUT2D eigenvalue weighted by molar-refractivity contribution is -0.442. The standard InChI is InChI=1S/C49H55N3O22S5/c1-48(2)41(9-6-5-7-10-42-49(3,18-8-26-75(56,57)58)47-36-28-32(77(62,63)64)30-40(79(68,69)70)34(36)12-14-38(47)51(42)19-22-71-4)50(20-23-73-25-24-72-21-17-45(55)74-52-43(53)15-16-44(52)54)37-13-11-33-35(46(37)48)27-31(76(59,60)61)29-39(33)78(65,66)67/h5-7,9-14,27-30H,8,15-26H2,1-4H3,(H4-,56,57,58,59,60,61,62,63,64,65,66,67,68,69,70)/p+1. The van der Waals surface area contributed by atoms with Gasteiger partial charge >= 0.3 is 5.97 Å². The van der Waals surface area contributed by atoms with Crippen molar-refractivity contribution in [1.82, 2.24) is 5.06 Å². The maximum Gasteiger partial charge on any atom is 0.335 e. The van der Waals surface area contributed by atoms with Crippen LogP contribution in [0.1, 0.15) is 64.0 Å². The number of nitrogens with zero attached hydrogens (tertiary/aromatic N) is 3. The Hall–Kier alpha value is -5.87. The van der Waals surface area contributed by atoms with Gasteiger partial charge in [0, 0.05) is 71.8 Å². The normalized spacial score (nSPS) is 18.6. The number of imide groups is 1. The smallest absolute Gasteiger partial charge is 0.335 e. The Balaban J connectivity index is 1.26. The number of hydroxylamine groups is 2. The quantitative estimate of drug-likeness (QED) is 0.0212. The minimum atomic E-state index is -5.12. The van der Waals surface area contributed by atoms with Gasteiger partial charge in [0.2, 0.25) is 5.69 Å². The summed E-state index contributed by atoms with van der Waals surface area (Å²) in [6.07, 6.45) is 7.65. The van der Waals surface area contributed by atoms with Crippen molar-refractivity contribution in [3.05, 3.63) is 95.7 Å². The molecular formula is C49H56N3O22S5+. The molecule has 25 nitrogen and oxygen atoms in total. The Bertz CT molecular complexity index is 3870. The van der Waals surface area contributed by atoms with E-state index in [1.807, 2.05) is 4.58 Å². The zero-order valence-electron chi connectivity index (χ0n) is 42.8. The van der Waals surface area contributed by atoms with E-state index in [0.717, 1.165) is 12.1 Å². The first-order chi connectivity index (χ1) is 36.7. The van der Waals surface area contributed by atoms with Gasteiger partial charge in [-0.3, -0.25) is 32.4 Å². The first-order valence-corrected chi connectivity index (χ1v) is 31.3. The summed E-state index contributed by atoms with van der Waals surface area (Å²) in [5.41, 5.74) is 0.163. The number of amides is 2. The van der Waals surface area contributed by atoms with E-state index < -0.39 is 105 Å². The molecule has 30 heteroatoms. The van der Waals surface area contributed by atoms with Gasteiger partial charge in [-0.1, -0.05) is 24.3 Å². The van der Waals surface area contributed by atoms with Crippen LogP contribution < -0.4 is 4.90 Å². The molecule has 7 rings (SSSR count). The molecule has 0 aromatic heterocycles. The van der Waals surface area contributed by atoms with Crippen molar-refractivity contribution < 1.29 is 103 Å². The maximum absolute atomic E-state index is 12.7. The van der Waals surface area contributed by atoms with Crippen molar-refractivity contribution >= 4 is 107 Å². The first kappa shape index (κ1) is 60.8. The Morgan fingerprint density at radius 3 is 1.77 bits per heavy atom. The number of anilines is 1. The number of benzene rings is 4. The summed E-state index contributed by atoms with van der Waals surface area (Å²) >= 11 is 0. The van der Waals surface area contributed by atoms with Gasteiger partial charge in [-0.25, -0.2) is 4.79 Å². The van der Waals surface area contributed by atoms with Crippen LogP contribution in [0.5, 0.6) is 0 Å². The fraction of sp³-hybridized carbons (Fsp3) is 0.388. The Kier molecular flexibility index (Phi) is 17.6. The number of fused-ring (bicyclic) bond motifs is 6. The van der Waals surface area contributed by atoms with Crippen molar-refractivity contribution in [2.24, 2.45) is 0 Å². The van der Waals surface area contributed by atoms with Crippen molar-refractivity contribution in [2.45, 2.75) is 83.3 Å². The first-order valence-electron chi connectivity index (χ1n) is 24.0. The monoisotopic (exact) mass is 1200 g/mol. The average Bonchev–Trinajstić information content (AvgIpc) is 4.10. The van der Waals surface area contributed by atoms with Gasteiger partial charge in [-0.2, -0.15) is 46.7 Å². The molecule has 0 saturated carbocycles. The second-order valence-corrected chi connectivity index (χ2v) is 26.4. The molecule has 1 atom stereocenters. The van der Waals surface area contributed by atoms with Gasteiger partial charge in [0.1, 0.15) is 16.4 Å². The number of rotatable bonds is 24. The lowest BCUT2D eigenvalue weighted by Crippen LogP contribution is -2.32. The van der Waals surface area contributed by atoms with Crippen LogP contribution >= 0.6 is 0 Å². The second kappa shape index (κ2) is 22.9. The highest BCUT2D eigenvalue weighted by molar-refractivity contribution is 7.87. The number of hydrogen-bond acceptors (Lipinski definition) is 18. The largest absolute Gasteiger partial charge is 0.383 e. The van der Waals surface area contributed by atoms with Crippen LogP contribution in [0, 0.1) is 0 Å². The molecule has 4 aromatic rings. The Labute approximate surface area is 455 Å². The van der Waals surface area contributed by atoms with E-state index in [2.05, 4.69) is 0 Å². The summed E-state index contributed by atoms with van der Waals surface area (Å²) in [6.45, 7) is 5.53. The number of allylic oxidation sites excluding steroid dienone is 6. The van der Waals surface area contributed by atoms with Crippen LogP contribution in [0.15, 0.2) is 104 Å². The molecule has 0 bridgehead atoms. The molecule has 428 valence electrons. The number of hydrogen-bond donors (Lipinski definition) is 5. The Morgan fingerprint density at radius 2 is 1.23 bits per heavy atom. The fourth-order valence-corrected chi connectivity index (χ4v) is 13.4. The van der Waals surface area contributed by atoms with Crippen LogP contribution in [0.25, 0.3) is 21.5 Å². The number of methoxy groups -OCH3 is 1. The molecular weight excluding hydrogens is 1140 g/mol. The molecule has 79 heavy (non-hydrogen) atoms. The highest BCUT2D eigenvalue weighted by Gasteiger charge is 2.47. The van der Waals surface area contributed by atoms with Crippen LogP contribution in [0.3, 0.4) is 0 Å². The molecule has 2 amide bonds. The van der Waals surface area contributed by atoms with Gasteiger partial charge in [-0.15, -0.1) is 5.06 Å². The number of carbonyl (C=O) groups excluding carboxylic acids is 3. The third kappa shape index (κ3) is 13.2. The SMILES string of the molecule is COCCN1/C(=C/C=C/C=C/C2=[N+](CCOCCOCCC(=O)ON3C(=O)CCC3=O)c3ccc4c(S(=O)(=O)O)cc(S(=O)(=O)O)cc4c3C2(C)C)C(C)(CCCS(=O)(=O)O)c2c1ccc1c(S(=O)(=O)O)cc(S(=O)(=O)O)cc21. The van der Waals surface area contributed by atoms with E-state index in [9.17, 15) is 79.2 Å². The van der Waals surface area contributed by atoms with Crippen molar-refractivity contribution in [3.63, 3.8) is 0 Å². The average molecular weight is 1200 g/mol. The van der Waals surface area contributed by atoms with Crippen LogP contribution in [-0.2, 0) is 94.9 Å². The lowest BCUT2D eigenvalue weighted by Gasteiger charge is -2.30. The highest BCUT2D eigenvalue weighted by atomic mass is 32.2. The zero-order chi connectivity index (χ0) is 58.3. The van der Waals surface area contributed by atoms with Gasteiger partial charge in [0.15, 0.2) is 12.3 Å². The lowest BCUT2D eigenvalue weighted by atomic mass is 9.75. The van der Waals surface area contributed by atoms with E-state index in [4.69, 9.17) is 19.0 Å². The molecule has 1 unspecified atom stereocenters. The molecule has 3 heterocycles. The molecule has 1 saturated heterocycles. The van der Waals surface area contributed by atoms with E-state index in [-0.39, 0.29) is 99.8 Å². The predicted octanol–water partition coefficient (Wildman–Crippen LogP) is 4.48. The third-order valence-electron chi connectivity index (χ3n) is 13.6. The highest BCUT2D eigenvalue weighted by Crippen LogP contribution is 2.54. The zero-order valence-corrected chi connectivity index (χ0v) is 46.8. The molecule has 0 radical (unpaired) electrons.